The van der Waals surface area contributed by atoms with Gasteiger partial charge in [0.1, 0.15) is 5.82 Å². The Morgan fingerprint density at radius 1 is 1.30 bits per heavy atom. The highest BCUT2D eigenvalue weighted by molar-refractivity contribution is 5.37. The van der Waals surface area contributed by atoms with Crippen molar-refractivity contribution in [2.45, 2.75) is 44.7 Å². The summed E-state index contributed by atoms with van der Waals surface area (Å²) in [4.78, 5) is 2.23. The van der Waals surface area contributed by atoms with Crippen molar-refractivity contribution in [2.24, 2.45) is 0 Å². The summed E-state index contributed by atoms with van der Waals surface area (Å²) in [5, 5.41) is 18.4. The van der Waals surface area contributed by atoms with Crippen molar-refractivity contribution in [3.05, 3.63) is 35.1 Å². The van der Waals surface area contributed by atoms with Gasteiger partial charge in [-0.1, -0.05) is 25.3 Å². The Balaban J connectivity index is 2.13. The van der Waals surface area contributed by atoms with Crippen LogP contribution in [0, 0.1) is 17.1 Å². The molecule has 1 aromatic rings. The lowest BCUT2D eigenvalue weighted by atomic mass is 9.93. The molecule has 20 heavy (non-hydrogen) atoms. The molecule has 3 nitrogen and oxygen atoms in total. The maximum absolute atomic E-state index is 13.2. The zero-order chi connectivity index (χ0) is 14.4. The van der Waals surface area contributed by atoms with Gasteiger partial charge in [-0.25, -0.2) is 4.39 Å². The lowest BCUT2D eigenvalue weighted by molar-refractivity contribution is 0.117. The second kappa shape index (κ2) is 7.37. The molecule has 0 amide bonds. The van der Waals surface area contributed by atoms with E-state index in [1.807, 2.05) is 0 Å². The van der Waals surface area contributed by atoms with Crippen molar-refractivity contribution in [3.63, 3.8) is 0 Å². The predicted octanol–water partition coefficient (Wildman–Crippen LogP) is 2.82. The van der Waals surface area contributed by atoms with Crippen molar-refractivity contribution in [3.8, 4) is 6.07 Å². The number of nitrogens with zero attached hydrogens (tertiary/aromatic N) is 2. The van der Waals surface area contributed by atoms with E-state index in [0.29, 0.717) is 24.7 Å². The van der Waals surface area contributed by atoms with Crippen LogP contribution in [0.15, 0.2) is 18.2 Å². The van der Waals surface area contributed by atoms with Gasteiger partial charge in [-0.2, -0.15) is 5.26 Å². The van der Waals surface area contributed by atoms with E-state index >= 15 is 0 Å². The fourth-order valence-electron chi connectivity index (χ4n) is 2.97. The minimum absolute atomic E-state index is 0.111. The molecule has 1 aliphatic rings. The number of rotatable bonds is 5. The van der Waals surface area contributed by atoms with Crippen LogP contribution in [0.4, 0.5) is 4.39 Å². The molecule has 0 aliphatic heterocycles. The quantitative estimate of drug-likeness (QED) is 0.899. The molecular formula is C16H21FN2O. The molecule has 1 fully saturated rings. The Morgan fingerprint density at radius 2 is 2.05 bits per heavy atom. The molecule has 0 atom stereocenters. The fourth-order valence-corrected chi connectivity index (χ4v) is 2.97. The third-order valence-corrected chi connectivity index (χ3v) is 4.04. The summed E-state index contributed by atoms with van der Waals surface area (Å²) in [5.74, 6) is -0.378. The van der Waals surface area contributed by atoms with Crippen molar-refractivity contribution < 1.29 is 9.50 Å². The maximum atomic E-state index is 13.2. The van der Waals surface area contributed by atoms with Gasteiger partial charge < -0.3 is 5.11 Å². The molecule has 0 heterocycles. The number of hydrogen-bond acceptors (Lipinski definition) is 3. The van der Waals surface area contributed by atoms with E-state index in [0.717, 1.165) is 18.4 Å². The van der Waals surface area contributed by atoms with Gasteiger partial charge in [0.15, 0.2) is 0 Å². The molecular weight excluding hydrogens is 255 g/mol. The van der Waals surface area contributed by atoms with Crippen molar-refractivity contribution >= 4 is 0 Å². The second-order valence-electron chi connectivity index (χ2n) is 5.40. The summed E-state index contributed by atoms with van der Waals surface area (Å²) in [6.07, 6.45) is 6.01. The van der Waals surface area contributed by atoms with E-state index in [4.69, 9.17) is 5.26 Å². The van der Waals surface area contributed by atoms with Gasteiger partial charge >= 0.3 is 0 Å². The minimum atomic E-state index is -0.378. The molecule has 0 spiro atoms. The first-order valence-corrected chi connectivity index (χ1v) is 7.28. The first-order chi connectivity index (χ1) is 9.74. The average molecular weight is 276 g/mol. The van der Waals surface area contributed by atoms with E-state index in [1.165, 1.54) is 31.4 Å². The van der Waals surface area contributed by atoms with Gasteiger partial charge in [-0.15, -0.1) is 0 Å². The van der Waals surface area contributed by atoms with E-state index in [9.17, 15) is 9.50 Å². The number of aliphatic hydroxyl groups is 1. The lowest BCUT2D eigenvalue weighted by Crippen LogP contribution is -2.38. The van der Waals surface area contributed by atoms with Crippen LogP contribution in [-0.2, 0) is 6.54 Å². The number of halogens is 1. The van der Waals surface area contributed by atoms with Crippen molar-refractivity contribution in [1.82, 2.24) is 4.90 Å². The standard InChI is InChI=1S/C16H21FN2O/c17-15-7-6-13(14(10-15)11-18)12-19(8-9-20)16-4-2-1-3-5-16/h6-7,10,16,20H,1-5,8-9,12H2. The normalized spacial score (nSPS) is 16.3. The lowest BCUT2D eigenvalue weighted by Gasteiger charge is -2.34. The van der Waals surface area contributed by atoms with Crippen LogP contribution >= 0.6 is 0 Å². The van der Waals surface area contributed by atoms with Crippen LogP contribution in [0.2, 0.25) is 0 Å². The third-order valence-electron chi connectivity index (χ3n) is 4.04. The second-order valence-corrected chi connectivity index (χ2v) is 5.40. The zero-order valence-electron chi connectivity index (χ0n) is 11.7. The monoisotopic (exact) mass is 276 g/mol. The van der Waals surface area contributed by atoms with E-state index in [2.05, 4.69) is 11.0 Å². The fraction of sp³-hybridized carbons (Fsp3) is 0.562. The Hall–Kier alpha value is -1.44. The van der Waals surface area contributed by atoms with Gasteiger partial charge in [0, 0.05) is 19.1 Å². The summed E-state index contributed by atoms with van der Waals surface area (Å²) in [5.41, 5.74) is 1.23. The summed E-state index contributed by atoms with van der Waals surface area (Å²) in [6, 6.07) is 6.89. The predicted molar refractivity (Wildman–Crippen MR) is 75.5 cm³/mol. The van der Waals surface area contributed by atoms with E-state index in [-0.39, 0.29) is 12.4 Å². The summed E-state index contributed by atoms with van der Waals surface area (Å²) < 4.78 is 13.2. The first kappa shape index (κ1) is 15.0. The molecule has 108 valence electrons. The molecule has 1 aliphatic carbocycles. The van der Waals surface area contributed by atoms with Gasteiger partial charge in [0.2, 0.25) is 0 Å². The summed E-state index contributed by atoms with van der Waals surface area (Å²) >= 11 is 0. The highest BCUT2D eigenvalue weighted by Crippen LogP contribution is 2.24. The van der Waals surface area contributed by atoms with Crippen LogP contribution < -0.4 is 0 Å². The topological polar surface area (TPSA) is 47.3 Å². The maximum Gasteiger partial charge on any atom is 0.124 e. The molecule has 0 radical (unpaired) electrons. The molecule has 0 aromatic heterocycles. The Morgan fingerprint density at radius 3 is 2.70 bits per heavy atom. The molecule has 0 saturated heterocycles. The SMILES string of the molecule is N#Cc1cc(F)ccc1CN(CCO)C1CCCCC1. The zero-order valence-corrected chi connectivity index (χ0v) is 11.7. The molecule has 1 saturated carbocycles. The average Bonchev–Trinajstić information content (AvgIpc) is 2.49. The molecule has 2 rings (SSSR count). The number of nitriles is 1. The van der Waals surface area contributed by atoms with Gasteiger partial charge in [-0.05, 0) is 30.5 Å². The summed E-state index contributed by atoms with van der Waals surface area (Å²) in [7, 11) is 0. The minimum Gasteiger partial charge on any atom is -0.395 e. The highest BCUT2D eigenvalue weighted by atomic mass is 19.1. The van der Waals surface area contributed by atoms with Crippen molar-refractivity contribution in [1.29, 1.82) is 5.26 Å². The number of benzene rings is 1. The molecule has 4 heteroatoms. The smallest absolute Gasteiger partial charge is 0.124 e. The van der Waals surface area contributed by atoms with Crippen LogP contribution in [0.1, 0.15) is 43.2 Å². The molecule has 1 N–H and O–H groups in total. The molecule has 0 unspecified atom stereocenters. The third kappa shape index (κ3) is 3.78. The molecule has 1 aromatic carbocycles. The molecule has 0 bridgehead atoms. The van der Waals surface area contributed by atoms with Crippen LogP contribution in [0.3, 0.4) is 0 Å². The van der Waals surface area contributed by atoms with Gasteiger partial charge in [0.25, 0.3) is 0 Å². The Kier molecular flexibility index (Phi) is 5.51. The van der Waals surface area contributed by atoms with E-state index in [1.54, 1.807) is 6.07 Å². The van der Waals surface area contributed by atoms with Crippen molar-refractivity contribution in [2.75, 3.05) is 13.2 Å². The Bertz CT molecular complexity index is 478. The van der Waals surface area contributed by atoms with Gasteiger partial charge in [-0.3, -0.25) is 4.90 Å². The Labute approximate surface area is 119 Å². The van der Waals surface area contributed by atoms with E-state index < -0.39 is 0 Å². The highest BCUT2D eigenvalue weighted by Gasteiger charge is 2.21. The summed E-state index contributed by atoms with van der Waals surface area (Å²) in [6.45, 7) is 1.32. The number of aliphatic hydroxyl groups excluding tert-OH is 1. The first-order valence-electron chi connectivity index (χ1n) is 7.28. The largest absolute Gasteiger partial charge is 0.395 e. The van der Waals surface area contributed by atoms with Crippen LogP contribution in [0.25, 0.3) is 0 Å². The van der Waals surface area contributed by atoms with Crippen LogP contribution in [0.5, 0.6) is 0 Å². The van der Waals surface area contributed by atoms with Gasteiger partial charge in [0.05, 0.1) is 18.2 Å². The van der Waals surface area contributed by atoms with Crippen LogP contribution in [-0.4, -0.2) is 29.2 Å². The number of hydrogen-bond donors (Lipinski definition) is 1.